The second-order valence-electron chi connectivity index (χ2n) is 8.81. The first-order valence-corrected chi connectivity index (χ1v) is 13.4. The smallest absolute Gasteiger partial charge is 0.337 e. The second-order valence-corrected chi connectivity index (χ2v) is 10.1. The van der Waals surface area contributed by atoms with Crippen molar-refractivity contribution in [3.63, 3.8) is 0 Å². The van der Waals surface area contributed by atoms with Crippen LogP contribution in [0, 0.1) is 0 Å². The van der Waals surface area contributed by atoms with Gasteiger partial charge in [-0.15, -0.1) is 0 Å². The average molecular weight is 602 g/mol. The molecule has 0 aliphatic carbocycles. The van der Waals surface area contributed by atoms with Gasteiger partial charge in [0.1, 0.15) is 0 Å². The van der Waals surface area contributed by atoms with Gasteiger partial charge in [0.25, 0.3) is 5.91 Å². The van der Waals surface area contributed by atoms with Gasteiger partial charge in [-0.3, -0.25) is 15.1 Å². The number of aliphatic imine (C=N–C) groups is 1. The molecule has 0 spiro atoms. The van der Waals surface area contributed by atoms with Crippen LogP contribution < -0.4 is 21.7 Å². The summed E-state index contributed by atoms with van der Waals surface area (Å²) in [6, 6.07) is 26.5. The van der Waals surface area contributed by atoms with Gasteiger partial charge in [0.15, 0.2) is 10.2 Å². The molecule has 0 saturated carbocycles. The molecule has 0 radical (unpaired) electrons. The van der Waals surface area contributed by atoms with Gasteiger partial charge in [-0.2, -0.15) is 0 Å². The molecule has 0 aliphatic heterocycles. The predicted molar refractivity (Wildman–Crippen MR) is 172 cm³/mol. The lowest BCUT2D eigenvalue weighted by Gasteiger charge is -2.11. The molecule has 4 aromatic carbocycles. The van der Waals surface area contributed by atoms with Crippen LogP contribution in [0.25, 0.3) is 0 Å². The SMILES string of the molecule is NC(=S)Nc1ccc(Cc2ccc(NC(=S)NC(=O)c3ccc(C(=O)O)c(N=Cc4ccc(Cl)cc4)c3)cc2)cc1. The topological polar surface area (TPSA) is 129 Å². The van der Waals surface area contributed by atoms with Gasteiger partial charge < -0.3 is 21.5 Å². The van der Waals surface area contributed by atoms with E-state index in [1.807, 2.05) is 48.5 Å². The van der Waals surface area contributed by atoms with E-state index in [2.05, 4.69) is 20.9 Å². The Bertz CT molecular complexity index is 1620. The molecule has 4 rings (SSSR count). The van der Waals surface area contributed by atoms with Crippen molar-refractivity contribution in [2.24, 2.45) is 10.7 Å². The van der Waals surface area contributed by atoms with Gasteiger partial charge in [-0.1, -0.05) is 48.0 Å². The van der Waals surface area contributed by atoms with E-state index in [4.69, 9.17) is 41.8 Å². The van der Waals surface area contributed by atoms with Gasteiger partial charge >= 0.3 is 5.97 Å². The van der Waals surface area contributed by atoms with Crippen LogP contribution in [0.15, 0.2) is 96.0 Å². The largest absolute Gasteiger partial charge is 0.478 e. The molecule has 206 valence electrons. The van der Waals surface area contributed by atoms with Crippen LogP contribution in [0.4, 0.5) is 17.1 Å². The summed E-state index contributed by atoms with van der Waals surface area (Å²) < 4.78 is 0. The van der Waals surface area contributed by atoms with Crippen molar-refractivity contribution in [1.82, 2.24) is 5.32 Å². The lowest BCUT2D eigenvalue weighted by atomic mass is 10.0. The Morgan fingerprint density at radius 1 is 0.854 bits per heavy atom. The first kappa shape index (κ1) is 29.3. The molecule has 11 heteroatoms. The maximum absolute atomic E-state index is 12.9. The molecular formula is C30H24ClN5O3S2. The Labute approximate surface area is 252 Å². The number of amides is 1. The zero-order valence-corrected chi connectivity index (χ0v) is 23.8. The Morgan fingerprint density at radius 3 is 2.00 bits per heavy atom. The minimum absolute atomic E-state index is 0.0418. The molecule has 0 aromatic heterocycles. The minimum atomic E-state index is -1.16. The molecule has 0 bridgehead atoms. The zero-order chi connectivity index (χ0) is 29.4. The fourth-order valence-corrected chi connectivity index (χ4v) is 4.24. The standard InChI is InChI=1S/C30H24ClN5O3S2/c31-22-8-1-20(2-9-22)17-33-26-16-21(7-14-25(26)28(38)39)27(37)36-30(41)35-24-12-5-19(6-13-24)15-18-3-10-23(11-4-18)34-29(32)40/h1-14,16-17H,15H2,(H,38,39)(H3,32,34,40)(H2,35,36,37,41). The monoisotopic (exact) mass is 601 g/mol. The van der Waals surface area contributed by atoms with E-state index in [1.54, 1.807) is 24.3 Å². The van der Waals surface area contributed by atoms with Crippen molar-refractivity contribution < 1.29 is 14.7 Å². The predicted octanol–water partition coefficient (Wildman–Crippen LogP) is 6.16. The van der Waals surface area contributed by atoms with Crippen molar-refractivity contribution in [1.29, 1.82) is 0 Å². The molecule has 0 atom stereocenters. The van der Waals surface area contributed by atoms with Crippen LogP contribution in [0.1, 0.15) is 37.4 Å². The fraction of sp³-hybridized carbons (Fsp3) is 0.0333. The maximum atomic E-state index is 12.9. The molecule has 0 unspecified atom stereocenters. The van der Waals surface area contributed by atoms with Crippen molar-refractivity contribution in [2.45, 2.75) is 6.42 Å². The number of carbonyl (C=O) groups excluding carboxylic acids is 1. The van der Waals surface area contributed by atoms with E-state index < -0.39 is 11.9 Å². The first-order valence-electron chi connectivity index (χ1n) is 12.2. The van der Waals surface area contributed by atoms with Crippen molar-refractivity contribution >= 4 is 81.4 Å². The molecule has 6 N–H and O–H groups in total. The second kappa shape index (κ2) is 13.6. The number of rotatable bonds is 8. The first-order chi connectivity index (χ1) is 19.7. The molecule has 1 amide bonds. The molecule has 8 nitrogen and oxygen atoms in total. The number of carboxylic acid groups (broad SMARTS) is 1. The summed E-state index contributed by atoms with van der Waals surface area (Å²) in [5, 5.41) is 18.9. The van der Waals surface area contributed by atoms with E-state index in [0.717, 1.165) is 28.8 Å². The van der Waals surface area contributed by atoms with Crippen molar-refractivity contribution in [3.05, 3.63) is 124 Å². The number of halogens is 1. The summed E-state index contributed by atoms with van der Waals surface area (Å²) in [5.41, 5.74) is 10.2. The van der Waals surface area contributed by atoms with Crippen LogP contribution in [-0.4, -0.2) is 33.4 Å². The number of thiocarbonyl (C=S) groups is 2. The number of nitrogens with two attached hydrogens (primary N) is 1. The molecule has 0 heterocycles. The van der Waals surface area contributed by atoms with E-state index in [9.17, 15) is 14.7 Å². The number of hydrogen-bond donors (Lipinski definition) is 5. The van der Waals surface area contributed by atoms with Crippen LogP contribution >= 0.6 is 36.0 Å². The quantitative estimate of drug-likeness (QED) is 0.120. The van der Waals surface area contributed by atoms with Crippen LogP contribution in [0.5, 0.6) is 0 Å². The number of carboxylic acids is 1. The Kier molecular flexibility index (Phi) is 9.75. The highest BCUT2D eigenvalue weighted by molar-refractivity contribution is 7.80. The van der Waals surface area contributed by atoms with Crippen molar-refractivity contribution in [2.75, 3.05) is 10.6 Å². The number of hydrogen-bond acceptors (Lipinski definition) is 5. The molecule has 4 aromatic rings. The van der Waals surface area contributed by atoms with Gasteiger partial charge in [-0.05, 0) is 102 Å². The third kappa shape index (κ3) is 8.67. The summed E-state index contributed by atoms with van der Waals surface area (Å²) >= 11 is 16.1. The van der Waals surface area contributed by atoms with E-state index >= 15 is 0 Å². The van der Waals surface area contributed by atoms with E-state index in [1.165, 1.54) is 24.4 Å². The number of aromatic carboxylic acids is 1. The van der Waals surface area contributed by atoms with Crippen LogP contribution in [-0.2, 0) is 6.42 Å². The summed E-state index contributed by atoms with van der Waals surface area (Å²) in [6.45, 7) is 0. The third-order valence-corrected chi connectivity index (χ3v) is 6.34. The molecule has 0 aliphatic rings. The highest BCUT2D eigenvalue weighted by atomic mass is 35.5. The van der Waals surface area contributed by atoms with E-state index in [-0.39, 0.29) is 27.0 Å². The third-order valence-electron chi connectivity index (χ3n) is 5.78. The minimum Gasteiger partial charge on any atom is -0.478 e. The molecule has 0 fully saturated rings. The van der Waals surface area contributed by atoms with Gasteiger partial charge in [0.05, 0.1) is 11.3 Å². The zero-order valence-electron chi connectivity index (χ0n) is 21.4. The number of anilines is 2. The number of carbonyl (C=O) groups is 2. The summed E-state index contributed by atoms with van der Waals surface area (Å²) in [5.74, 6) is -1.67. The number of nitrogens with one attached hydrogen (secondary N) is 3. The number of benzene rings is 4. The maximum Gasteiger partial charge on any atom is 0.337 e. The number of nitrogens with zero attached hydrogens (tertiary/aromatic N) is 1. The van der Waals surface area contributed by atoms with Crippen molar-refractivity contribution in [3.8, 4) is 0 Å². The lowest BCUT2D eigenvalue weighted by molar-refractivity contribution is 0.0697. The van der Waals surface area contributed by atoms with Crippen LogP contribution in [0.3, 0.4) is 0 Å². The van der Waals surface area contributed by atoms with Gasteiger partial charge in [0, 0.05) is 28.2 Å². The Hall–Kier alpha value is -4.64. The summed E-state index contributed by atoms with van der Waals surface area (Å²) in [6.07, 6.45) is 2.23. The summed E-state index contributed by atoms with van der Waals surface area (Å²) in [4.78, 5) is 28.8. The summed E-state index contributed by atoms with van der Waals surface area (Å²) in [7, 11) is 0. The Morgan fingerprint density at radius 2 is 1.44 bits per heavy atom. The van der Waals surface area contributed by atoms with Gasteiger partial charge in [0.2, 0.25) is 0 Å². The van der Waals surface area contributed by atoms with E-state index in [0.29, 0.717) is 10.7 Å². The Balaban J connectivity index is 1.37. The highest BCUT2D eigenvalue weighted by Crippen LogP contribution is 2.22. The molecule has 41 heavy (non-hydrogen) atoms. The molecular weight excluding hydrogens is 578 g/mol. The average Bonchev–Trinajstić information content (AvgIpc) is 2.94. The van der Waals surface area contributed by atoms with Crippen LogP contribution in [0.2, 0.25) is 5.02 Å². The lowest BCUT2D eigenvalue weighted by Crippen LogP contribution is -2.34. The molecule has 0 saturated heterocycles. The normalized spacial score (nSPS) is 10.7. The highest BCUT2D eigenvalue weighted by Gasteiger charge is 2.15. The van der Waals surface area contributed by atoms with Gasteiger partial charge in [-0.25, -0.2) is 4.79 Å². The fourth-order valence-electron chi connectivity index (χ4n) is 3.78.